The Morgan fingerprint density at radius 3 is 2.44 bits per heavy atom. The first-order chi connectivity index (χ1) is 8.35. The maximum Gasteiger partial charge on any atom is 0.0733 e. The van der Waals surface area contributed by atoms with Crippen LogP contribution in [0.3, 0.4) is 0 Å². The Morgan fingerprint density at radius 1 is 1.28 bits per heavy atom. The molecule has 0 aliphatic heterocycles. The topological polar surface area (TPSA) is 46.2 Å². The van der Waals surface area contributed by atoms with Crippen molar-refractivity contribution in [1.82, 2.24) is 0 Å². The van der Waals surface area contributed by atoms with E-state index in [9.17, 15) is 5.11 Å². The van der Waals surface area contributed by atoms with Crippen molar-refractivity contribution in [2.45, 2.75) is 62.3 Å². The fourth-order valence-electron chi connectivity index (χ4n) is 1.86. The number of hydrogen-bond acceptors (Lipinski definition) is 3. The number of benzene rings is 1. The van der Waals surface area contributed by atoms with Crippen molar-refractivity contribution >= 4 is 11.8 Å². The fourth-order valence-corrected chi connectivity index (χ4v) is 2.99. The van der Waals surface area contributed by atoms with Crippen molar-refractivity contribution in [2.75, 3.05) is 0 Å². The van der Waals surface area contributed by atoms with Crippen LogP contribution in [0.25, 0.3) is 0 Å². The zero-order valence-corrected chi connectivity index (χ0v) is 12.6. The molecule has 102 valence electrons. The molecule has 2 atom stereocenters. The molecule has 0 radical (unpaired) electrons. The molecular formula is C15H25NOS. The van der Waals surface area contributed by atoms with Crippen molar-refractivity contribution in [3.63, 3.8) is 0 Å². The molecule has 1 aromatic carbocycles. The summed E-state index contributed by atoms with van der Waals surface area (Å²) in [5.41, 5.74) is 7.23. The van der Waals surface area contributed by atoms with E-state index in [1.807, 2.05) is 18.2 Å². The normalized spacial score (nSPS) is 15.4. The van der Waals surface area contributed by atoms with E-state index in [0.29, 0.717) is 0 Å². The molecule has 3 heteroatoms. The lowest BCUT2D eigenvalue weighted by Crippen LogP contribution is -2.26. The number of aliphatic hydroxyl groups is 1. The second-order valence-electron chi connectivity index (χ2n) is 5.63. The maximum absolute atomic E-state index is 10.1. The average molecular weight is 267 g/mol. The molecule has 1 aromatic rings. The smallest absolute Gasteiger partial charge is 0.0733 e. The third-order valence-corrected chi connectivity index (χ3v) is 3.90. The molecule has 0 bridgehead atoms. The summed E-state index contributed by atoms with van der Waals surface area (Å²) in [7, 11) is 0. The number of nitrogens with two attached hydrogens (primary N) is 1. The fraction of sp³-hybridized carbons (Fsp3) is 0.600. The highest BCUT2D eigenvalue weighted by Gasteiger charge is 2.21. The Hall–Kier alpha value is -0.510. The summed E-state index contributed by atoms with van der Waals surface area (Å²) in [6.45, 7) is 8.61. The van der Waals surface area contributed by atoms with Crippen LogP contribution in [-0.2, 0) is 0 Å². The van der Waals surface area contributed by atoms with Gasteiger partial charge >= 0.3 is 0 Å². The van der Waals surface area contributed by atoms with E-state index in [-0.39, 0.29) is 10.8 Å². The molecule has 0 fully saturated rings. The zero-order chi connectivity index (χ0) is 13.8. The van der Waals surface area contributed by atoms with Gasteiger partial charge in [-0.1, -0.05) is 52.3 Å². The average Bonchev–Trinajstić information content (AvgIpc) is 2.27. The standard InChI is InChI=1S/C15H25NOS/c1-5-8-12(17)14(16)11-9-6-7-10-13(11)18-15(2,3)4/h6-7,9-10,12,14,17H,5,8,16H2,1-4H3/t12-,14+/m0/s1. The van der Waals surface area contributed by atoms with Gasteiger partial charge in [-0.15, -0.1) is 11.8 Å². The van der Waals surface area contributed by atoms with Crippen LogP contribution in [0.2, 0.25) is 0 Å². The van der Waals surface area contributed by atoms with E-state index in [1.54, 1.807) is 11.8 Å². The van der Waals surface area contributed by atoms with Gasteiger partial charge in [0.2, 0.25) is 0 Å². The van der Waals surface area contributed by atoms with Gasteiger partial charge in [-0.3, -0.25) is 0 Å². The van der Waals surface area contributed by atoms with Crippen LogP contribution in [0.5, 0.6) is 0 Å². The van der Waals surface area contributed by atoms with Crippen LogP contribution in [0.1, 0.15) is 52.1 Å². The molecule has 1 rings (SSSR count). The van der Waals surface area contributed by atoms with Gasteiger partial charge in [-0.2, -0.15) is 0 Å². The lowest BCUT2D eigenvalue weighted by molar-refractivity contribution is 0.133. The molecule has 2 nitrogen and oxygen atoms in total. The van der Waals surface area contributed by atoms with E-state index < -0.39 is 6.10 Å². The molecule has 0 saturated carbocycles. The molecule has 18 heavy (non-hydrogen) atoms. The molecule has 0 saturated heterocycles. The van der Waals surface area contributed by atoms with Crippen LogP contribution >= 0.6 is 11.8 Å². The van der Waals surface area contributed by atoms with E-state index in [1.165, 1.54) is 4.90 Å². The lowest BCUT2D eigenvalue weighted by atomic mass is 9.99. The number of hydrogen-bond donors (Lipinski definition) is 2. The Morgan fingerprint density at radius 2 is 1.89 bits per heavy atom. The van der Waals surface area contributed by atoms with Gasteiger partial charge in [0.25, 0.3) is 0 Å². The van der Waals surface area contributed by atoms with Crippen LogP contribution < -0.4 is 5.73 Å². The molecule has 0 aliphatic carbocycles. The molecule has 3 N–H and O–H groups in total. The molecule has 0 aliphatic rings. The van der Waals surface area contributed by atoms with Crippen LogP contribution in [0.4, 0.5) is 0 Å². The molecule has 0 spiro atoms. The monoisotopic (exact) mass is 267 g/mol. The summed E-state index contributed by atoms with van der Waals surface area (Å²) in [5, 5.41) is 10.1. The van der Waals surface area contributed by atoms with Gasteiger partial charge in [0.15, 0.2) is 0 Å². The molecule has 0 aromatic heterocycles. The summed E-state index contributed by atoms with van der Waals surface area (Å²) in [6, 6.07) is 7.83. The highest BCUT2D eigenvalue weighted by atomic mass is 32.2. The van der Waals surface area contributed by atoms with Gasteiger partial charge in [0.05, 0.1) is 12.1 Å². The third kappa shape index (κ3) is 4.63. The highest BCUT2D eigenvalue weighted by molar-refractivity contribution is 8.00. The second-order valence-corrected chi connectivity index (χ2v) is 7.50. The summed E-state index contributed by atoms with van der Waals surface area (Å²) in [4.78, 5) is 1.17. The van der Waals surface area contributed by atoms with Gasteiger partial charge in [0.1, 0.15) is 0 Å². The third-order valence-electron chi connectivity index (χ3n) is 2.69. The van der Waals surface area contributed by atoms with E-state index in [0.717, 1.165) is 18.4 Å². The Bertz CT molecular complexity index is 373. The van der Waals surface area contributed by atoms with Gasteiger partial charge < -0.3 is 10.8 Å². The summed E-state index contributed by atoms with van der Waals surface area (Å²) in [6.07, 6.45) is 1.23. The molecule has 0 heterocycles. The minimum Gasteiger partial charge on any atom is -0.391 e. The first-order valence-corrected chi connectivity index (χ1v) is 7.38. The number of rotatable bonds is 5. The minimum absolute atomic E-state index is 0.144. The van der Waals surface area contributed by atoms with Crippen molar-refractivity contribution in [2.24, 2.45) is 5.73 Å². The SMILES string of the molecule is CCC[C@H](O)[C@H](N)c1ccccc1SC(C)(C)C. The van der Waals surface area contributed by atoms with Gasteiger partial charge in [0, 0.05) is 9.64 Å². The van der Waals surface area contributed by atoms with E-state index >= 15 is 0 Å². The quantitative estimate of drug-likeness (QED) is 0.799. The highest BCUT2D eigenvalue weighted by Crippen LogP contribution is 2.36. The van der Waals surface area contributed by atoms with Crippen molar-refractivity contribution in [3.05, 3.63) is 29.8 Å². The van der Waals surface area contributed by atoms with Gasteiger partial charge in [-0.25, -0.2) is 0 Å². The summed E-state index contributed by atoms with van der Waals surface area (Å²) >= 11 is 1.80. The lowest BCUT2D eigenvalue weighted by Gasteiger charge is -2.24. The largest absolute Gasteiger partial charge is 0.391 e. The number of aliphatic hydroxyl groups excluding tert-OH is 1. The van der Waals surface area contributed by atoms with Gasteiger partial charge in [-0.05, 0) is 18.1 Å². The summed E-state index contributed by atoms with van der Waals surface area (Å²) < 4.78 is 0.144. The van der Waals surface area contributed by atoms with Crippen LogP contribution in [0.15, 0.2) is 29.2 Å². The summed E-state index contributed by atoms with van der Waals surface area (Å²) in [5.74, 6) is 0. The minimum atomic E-state index is -0.461. The molecule has 0 amide bonds. The van der Waals surface area contributed by atoms with Crippen LogP contribution in [-0.4, -0.2) is 16.0 Å². The first-order valence-electron chi connectivity index (χ1n) is 6.56. The Kier molecular flexibility index (Phi) is 5.70. The predicted molar refractivity (Wildman–Crippen MR) is 79.9 cm³/mol. The van der Waals surface area contributed by atoms with E-state index in [4.69, 9.17) is 5.73 Å². The second kappa shape index (κ2) is 6.60. The Labute approximate surface area is 115 Å². The molecule has 0 unspecified atom stereocenters. The molecular weight excluding hydrogens is 242 g/mol. The van der Waals surface area contributed by atoms with Crippen molar-refractivity contribution < 1.29 is 5.11 Å². The van der Waals surface area contributed by atoms with Crippen LogP contribution in [0, 0.1) is 0 Å². The Balaban J connectivity index is 2.94. The number of thioether (sulfide) groups is 1. The first kappa shape index (κ1) is 15.5. The van der Waals surface area contributed by atoms with Crippen molar-refractivity contribution in [1.29, 1.82) is 0 Å². The zero-order valence-electron chi connectivity index (χ0n) is 11.8. The van der Waals surface area contributed by atoms with Crippen molar-refractivity contribution in [3.8, 4) is 0 Å². The van der Waals surface area contributed by atoms with E-state index in [2.05, 4.69) is 33.8 Å². The maximum atomic E-state index is 10.1. The predicted octanol–water partition coefficient (Wildman–Crippen LogP) is 3.74.